The second kappa shape index (κ2) is 8.67. The number of primary amides is 1. The van der Waals surface area contributed by atoms with Gasteiger partial charge in [0.05, 0.1) is 6.54 Å². The van der Waals surface area contributed by atoms with E-state index in [0.29, 0.717) is 12.2 Å². The predicted octanol–water partition coefficient (Wildman–Crippen LogP) is 3.32. The van der Waals surface area contributed by atoms with Gasteiger partial charge >= 0.3 is 0 Å². The van der Waals surface area contributed by atoms with E-state index in [0.717, 1.165) is 17.5 Å². The minimum atomic E-state index is -0.481. The highest BCUT2D eigenvalue weighted by atomic mass is 16.2. The smallest absolute Gasteiger partial charge is 0.227 e. The molecule has 0 radical (unpaired) electrons. The fourth-order valence-electron chi connectivity index (χ4n) is 2.41. The zero-order valence-electron chi connectivity index (χ0n) is 13.7. The van der Waals surface area contributed by atoms with Gasteiger partial charge in [-0.2, -0.15) is 0 Å². The molecule has 2 rings (SSSR count). The first-order chi connectivity index (χ1) is 11.6. The molecule has 0 unspecified atom stereocenters. The van der Waals surface area contributed by atoms with Gasteiger partial charge in [-0.15, -0.1) is 0 Å². The molecule has 2 N–H and O–H groups in total. The lowest BCUT2D eigenvalue weighted by molar-refractivity contribution is -0.131. The zero-order valence-corrected chi connectivity index (χ0v) is 13.7. The fourth-order valence-corrected chi connectivity index (χ4v) is 2.41. The molecule has 0 bridgehead atoms. The van der Waals surface area contributed by atoms with Crippen LogP contribution in [-0.4, -0.2) is 16.7 Å². The van der Waals surface area contributed by atoms with Gasteiger partial charge in [-0.3, -0.25) is 9.59 Å². The molecule has 0 aliphatic carbocycles. The van der Waals surface area contributed by atoms with E-state index in [1.807, 2.05) is 42.5 Å². The summed E-state index contributed by atoms with van der Waals surface area (Å²) >= 11 is 0. The van der Waals surface area contributed by atoms with Crippen molar-refractivity contribution in [2.45, 2.75) is 25.8 Å². The molecule has 0 spiro atoms. The van der Waals surface area contributed by atoms with E-state index in [1.165, 1.54) is 0 Å². The van der Waals surface area contributed by atoms with Crippen LogP contribution in [0, 0.1) is 0 Å². The van der Waals surface area contributed by atoms with Crippen molar-refractivity contribution in [2.24, 2.45) is 5.73 Å². The molecule has 1 aromatic carbocycles. The van der Waals surface area contributed by atoms with Crippen LogP contribution < -0.4 is 5.73 Å². The van der Waals surface area contributed by atoms with Crippen molar-refractivity contribution in [1.29, 1.82) is 0 Å². The molecule has 0 fully saturated rings. The molecule has 1 heterocycles. The summed E-state index contributed by atoms with van der Waals surface area (Å²) in [6.45, 7) is 4.40. The van der Waals surface area contributed by atoms with Gasteiger partial charge < -0.3 is 10.6 Å². The predicted molar refractivity (Wildman–Crippen MR) is 96.5 cm³/mol. The van der Waals surface area contributed by atoms with Crippen LogP contribution in [0.5, 0.6) is 0 Å². The quantitative estimate of drug-likeness (QED) is 0.928. The average Bonchev–Trinajstić information content (AvgIpc) is 2.56. The largest absolute Gasteiger partial charge is 0.370 e. The average molecular weight is 322 g/mol. The molecule has 0 saturated carbocycles. The maximum atomic E-state index is 12.5. The number of carbonyl (C=O) groups is 2. The fraction of sp³-hybridized carbons (Fsp3) is 0.200. The molecule has 4 nitrogen and oxygen atoms in total. The molecule has 0 saturated heterocycles. The summed E-state index contributed by atoms with van der Waals surface area (Å²) < 4.78 is 0. The molecule has 0 atom stereocenters. The standard InChI is InChI=1S/C20H22N2O2/c1-16-9-5-3-2-4-6-10-17-11-7-8-12-18(17)15-22(16)20(24)14-13-19(21)23/h2-3,5-12H,1,4,13-15H2,(H2,21,23)/b3-2-,9-5-,10-6-. The van der Waals surface area contributed by atoms with Gasteiger partial charge in [-0.25, -0.2) is 0 Å². The monoisotopic (exact) mass is 322 g/mol. The number of benzene rings is 1. The number of nitrogens with zero attached hydrogens (tertiary/aromatic N) is 1. The van der Waals surface area contributed by atoms with Crippen molar-refractivity contribution in [3.05, 3.63) is 78.0 Å². The van der Waals surface area contributed by atoms with Gasteiger partial charge in [0.25, 0.3) is 0 Å². The molecular weight excluding hydrogens is 300 g/mol. The topological polar surface area (TPSA) is 63.4 Å². The summed E-state index contributed by atoms with van der Waals surface area (Å²) in [4.78, 5) is 25.1. The van der Waals surface area contributed by atoms with E-state index in [2.05, 4.69) is 18.7 Å². The first kappa shape index (κ1) is 17.5. The molecule has 24 heavy (non-hydrogen) atoms. The van der Waals surface area contributed by atoms with Crippen LogP contribution in [0.25, 0.3) is 6.08 Å². The molecule has 1 aromatic rings. The minimum absolute atomic E-state index is 0.0355. The number of amides is 2. The van der Waals surface area contributed by atoms with E-state index in [1.54, 1.807) is 11.0 Å². The van der Waals surface area contributed by atoms with Crippen molar-refractivity contribution in [2.75, 3.05) is 0 Å². The number of hydrogen-bond acceptors (Lipinski definition) is 2. The zero-order chi connectivity index (χ0) is 17.4. The Morgan fingerprint density at radius 1 is 1.08 bits per heavy atom. The van der Waals surface area contributed by atoms with Gasteiger partial charge in [0.1, 0.15) is 0 Å². The number of rotatable bonds is 3. The maximum Gasteiger partial charge on any atom is 0.227 e. The summed E-state index contributed by atoms with van der Waals surface area (Å²) in [5.74, 6) is -0.645. The lowest BCUT2D eigenvalue weighted by Crippen LogP contribution is -2.30. The maximum absolute atomic E-state index is 12.5. The Morgan fingerprint density at radius 3 is 2.67 bits per heavy atom. The lowest BCUT2D eigenvalue weighted by Gasteiger charge is -2.24. The summed E-state index contributed by atoms with van der Waals surface area (Å²) in [6.07, 6.45) is 12.7. The Kier molecular flexibility index (Phi) is 6.32. The SMILES string of the molecule is C=C1/C=C\C=C/C/C=C\c2ccccc2CN1C(=O)CCC(N)=O. The third kappa shape index (κ3) is 5.09. The van der Waals surface area contributed by atoms with Crippen molar-refractivity contribution >= 4 is 17.9 Å². The summed E-state index contributed by atoms with van der Waals surface area (Å²) in [5, 5.41) is 0. The van der Waals surface area contributed by atoms with Crippen molar-refractivity contribution in [3.63, 3.8) is 0 Å². The highest BCUT2D eigenvalue weighted by Crippen LogP contribution is 2.19. The molecular formula is C20H22N2O2. The molecule has 4 heteroatoms. The summed E-state index contributed by atoms with van der Waals surface area (Å²) in [7, 11) is 0. The minimum Gasteiger partial charge on any atom is -0.370 e. The van der Waals surface area contributed by atoms with Gasteiger partial charge in [-0.1, -0.05) is 61.2 Å². The number of carbonyl (C=O) groups excluding carboxylic acids is 2. The molecule has 1 aliphatic rings. The molecule has 1 aliphatic heterocycles. The van der Waals surface area contributed by atoms with E-state index in [9.17, 15) is 9.59 Å². The number of allylic oxidation sites excluding steroid dienone is 5. The summed E-state index contributed by atoms with van der Waals surface area (Å²) in [5.41, 5.74) is 7.84. The van der Waals surface area contributed by atoms with Crippen LogP contribution >= 0.6 is 0 Å². The van der Waals surface area contributed by atoms with Crippen LogP contribution in [0.3, 0.4) is 0 Å². The molecule has 124 valence electrons. The number of fused-ring (bicyclic) bond motifs is 1. The lowest BCUT2D eigenvalue weighted by atomic mass is 10.0. The third-order valence-corrected chi connectivity index (χ3v) is 3.72. The van der Waals surface area contributed by atoms with Gasteiger partial charge in [-0.05, 0) is 23.6 Å². The molecule has 0 aromatic heterocycles. The summed E-state index contributed by atoms with van der Waals surface area (Å²) in [6, 6.07) is 7.93. The highest BCUT2D eigenvalue weighted by Gasteiger charge is 2.17. The van der Waals surface area contributed by atoms with E-state index >= 15 is 0 Å². The van der Waals surface area contributed by atoms with E-state index in [4.69, 9.17) is 5.73 Å². The normalized spacial score (nSPS) is 18.7. The van der Waals surface area contributed by atoms with Crippen LogP contribution in [0.1, 0.15) is 30.4 Å². The van der Waals surface area contributed by atoms with Crippen molar-refractivity contribution in [3.8, 4) is 0 Å². The molecule has 2 amide bonds. The van der Waals surface area contributed by atoms with Gasteiger partial charge in [0, 0.05) is 18.5 Å². The Hall–Kier alpha value is -2.88. The first-order valence-corrected chi connectivity index (χ1v) is 7.93. The number of hydrogen-bond donors (Lipinski definition) is 1. The Bertz CT molecular complexity index is 714. The second-order valence-corrected chi connectivity index (χ2v) is 5.56. The third-order valence-electron chi connectivity index (χ3n) is 3.72. The Labute approximate surface area is 142 Å². The van der Waals surface area contributed by atoms with Crippen LogP contribution in [0.2, 0.25) is 0 Å². The number of nitrogens with two attached hydrogens (primary N) is 1. The van der Waals surface area contributed by atoms with Crippen LogP contribution in [-0.2, 0) is 16.1 Å². The van der Waals surface area contributed by atoms with Gasteiger partial charge in [0.15, 0.2) is 0 Å². The van der Waals surface area contributed by atoms with E-state index < -0.39 is 5.91 Å². The van der Waals surface area contributed by atoms with Crippen LogP contribution in [0.4, 0.5) is 0 Å². The van der Waals surface area contributed by atoms with Crippen molar-refractivity contribution in [1.82, 2.24) is 4.90 Å². The highest BCUT2D eigenvalue weighted by molar-refractivity contribution is 5.84. The Balaban J connectivity index is 2.33. The first-order valence-electron chi connectivity index (χ1n) is 7.93. The van der Waals surface area contributed by atoms with Crippen molar-refractivity contribution < 1.29 is 9.59 Å². The van der Waals surface area contributed by atoms with E-state index in [-0.39, 0.29) is 18.7 Å². The second-order valence-electron chi connectivity index (χ2n) is 5.56. The van der Waals surface area contributed by atoms with Crippen LogP contribution in [0.15, 0.2) is 66.9 Å². The van der Waals surface area contributed by atoms with Gasteiger partial charge in [0.2, 0.25) is 11.8 Å². The Morgan fingerprint density at radius 2 is 1.88 bits per heavy atom.